The second-order valence-electron chi connectivity index (χ2n) is 3.06. The number of anilines is 1. The number of aromatic nitrogens is 1. The van der Waals surface area contributed by atoms with E-state index in [4.69, 9.17) is 16.7 Å². The van der Waals surface area contributed by atoms with Gasteiger partial charge in [0.25, 0.3) is 0 Å². The van der Waals surface area contributed by atoms with Gasteiger partial charge >= 0.3 is 5.69 Å². The van der Waals surface area contributed by atoms with Crippen molar-refractivity contribution in [1.29, 1.82) is 0 Å². The molecule has 1 aromatic rings. The van der Waals surface area contributed by atoms with Gasteiger partial charge in [0.05, 0.1) is 16.6 Å². The summed E-state index contributed by atoms with van der Waals surface area (Å²) >= 11 is 5.65. The minimum absolute atomic E-state index is 0.0880. The molecular formula is C9H12ClN3O3. The van der Waals surface area contributed by atoms with Crippen LogP contribution in [0.3, 0.4) is 0 Å². The fourth-order valence-corrected chi connectivity index (χ4v) is 1.49. The molecule has 0 aliphatic carbocycles. The number of halogens is 1. The molecule has 7 heteroatoms. The fourth-order valence-electron chi connectivity index (χ4n) is 1.33. The third-order valence-electron chi connectivity index (χ3n) is 2.06. The Balaban J connectivity index is 3.14. The van der Waals surface area contributed by atoms with Crippen LogP contribution in [0.25, 0.3) is 0 Å². The third kappa shape index (κ3) is 2.80. The Hall–Kier alpha value is -1.40. The number of hydrogen-bond donors (Lipinski definition) is 1. The first-order valence-electron chi connectivity index (χ1n) is 4.75. The minimum Gasteiger partial charge on any atom is -0.395 e. The van der Waals surface area contributed by atoms with Gasteiger partial charge in [-0.3, -0.25) is 10.1 Å². The Morgan fingerprint density at radius 2 is 2.38 bits per heavy atom. The summed E-state index contributed by atoms with van der Waals surface area (Å²) in [7, 11) is 0. The molecule has 0 unspecified atom stereocenters. The van der Waals surface area contributed by atoms with E-state index in [-0.39, 0.29) is 23.1 Å². The molecule has 0 bridgehead atoms. The highest BCUT2D eigenvalue weighted by molar-refractivity contribution is 6.30. The molecule has 0 atom stereocenters. The van der Waals surface area contributed by atoms with Crippen molar-refractivity contribution in [2.75, 3.05) is 24.6 Å². The Bertz CT molecular complexity index is 386. The summed E-state index contributed by atoms with van der Waals surface area (Å²) < 4.78 is 0. The highest BCUT2D eigenvalue weighted by Crippen LogP contribution is 2.27. The Morgan fingerprint density at radius 3 is 2.88 bits per heavy atom. The fraction of sp³-hybridized carbons (Fsp3) is 0.444. The predicted octanol–water partition coefficient (Wildman–Crippen LogP) is 1.46. The lowest BCUT2D eigenvalue weighted by Crippen LogP contribution is -2.27. The third-order valence-corrected chi connectivity index (χ3v) is 2.27. The molecular weight excluding hydrogens is 234 g/mol. The second kappa shape index (κ2) is 5.62. The first-order chi connectivity index (χ1) is 7.60. The molecule has 0 aliphatic rings. The number of rotatable bonds is 5. The van der Waals surface area contributed by atoms with Crippen molar-refractivity contribution in [3.05, 3.63) is 27.4 Å². The van der Waals surface area contributed by atoms with E-state index in [1.807, 2.05) is 6.92 Å². The average Bonchev–Trinajstić information content (AvgIpc) is 2.26. The number of likely N-dealkylation sites (N-methyl/N-ethyl adjacent to an activating group) is 1. The van der Waals surface area contributed by atoms with Crippen LogP contribution in [0.5, 0.6) is 0 Å². The van der Waals surface area contributed by atoms with Crippen molar-refractivity contribution >= 4 is 23.1 Å². The normalized spacial score (nSPS) is 10.2. The summed E-state index contributed by atoms with van der Waals surface area (Å²) in [5.74, 6) is 0.228. The molecule has 0 amide bonds. The predicted molar refractivity (Wildman–Crippen MR) is 60.9 cm³/mol. The summed E-state index contributed by atoms with van der Waals surface area (Å²) in [6, 6.07) is 1.25. The highest BCUT2D eigenvalue weighted by atomic mass is 35.5. The van der Waals surface area contributed by atoms with Gasteiger partial charge in [0.1, 0.15) is 0 Å². The van der Waals surface area contributed by atoms with E-state index in [2.05, 4.69) is 4.98 Å². The first-order valence-corrected chi connectivity index (χ1v) is 5.13. The van der Waals surface area contributed by atoms with Crippen LogP contribution < -0.4 is 4.90 Å². The number of aliphatic hydroxyl groups excluding tert-OH is 1. The van der Waals surface area contributed by atoms with E-state index in [0.717, 1.165) is 0 Å². The van der Waals surface area contributed by atoms with Crippen LogP contribution in [-0.2, 0) is 0 Å². The summed E-state index contributed by atoms with van der Waals surface area (Å²) in [6.07, 6.45) is 1.35. The van der Waals surface area contributed by atoms with E-state index < -0.39 is 4.92 Å². The molecule has 0 radical (unpaired) electrons. The maximum Gasteiger partial charge on any atom is 0.313 e. The van der Waals surface area contributed by atoms with Crippen LogP contribution in [0.2, 0.25) is 5.02 Å². The van der Waals surface area contributed by atoms with Gasteiger partial charge in [-0.1, -0.05) is 11.6 Å². The standard InChI is InChI=1S/C9H12ClN3O3/c1-2-12(3-4-14)9-8(13(15)16)5-7(10)6-11-9/h5-6,14H,2-4H2,1H3. The van der Waals surface area contributed by atoms with Crippen molar-refractivity contribution in [3.63, 3.8) is 0 Å². The van der Waals surface area contributed by atoms with E-state index in [0.29, 0.717) is 13.1 Å². The van der Waals surface area contributed by atoms with E-state index >= 15 is 0 Å². The topological polar surface area (TPSA) is 79.5 Å². The molecule has 0 fully saturated rings. The van der Waals surface area contributed by atoms with Gasteiger partial charge in [0.15, 0.2) is 0 Å². The lowest BCUT2D eigenvalue weighted by atomic mass is 10.3. The lowest BCUT2D eigenvalue weighted by Gasteiger charge is -2.20. The number of nitro groups is 1. The molecule has 0 aliphatic heterocycles. The van der Waals surface area contributed by atoms with Gasteiger partial charge in [-0.05, 0) is 6.92 Å². The van der Waals surface area contributed by atoms with Crippen LogP contribution in [0.4, 0.5) is 11.5 Å². The molecule has 1 heterocycles. The van der Waals surface area contributed by atoms with Crippen LogP contribution in [0, 0.1) is 10.1 Å². The van der Waals surface area contributed by atoms with Crippen LogP contribution in [-0.4, -0.2) is 34.7 Å². The molecule has 88 valence electrons. The highest BCUT2D eigenvalue weighted by Gasteiger charge is 2.20. The second-order valence-corrected chi connectivity index (χ2v) is 3.49. The van der Waals surface area contributed by atoms with Crippen molar-refractivity contribution in [2.45, 2.75) is 6.92 Å². The van der Waals surface area contributed by atoms with E-state index in [1.54, 1.807) is 4.90 Å². The summed E-state index contributed by atoms with van der Waals surface area (Å²) in [4.78, 5) is 15.8. The van der Waals surface area contributed by atoms with Gasteiger partial charge in [0, 0.05) is 25.4 Å². The number of hydrogen-bond acceptors (Lipinski definition) is 5. The number of nitrogens with zero attached hydrogens (tertiary/aromatic N) is 3. The molecule has 0 aromatic carbocycles. The van der Waals surface area contributed by atoms with Gasteiger partial charge in [0.2, 0.25) is 5.82 Å². The minimum atomic E-state index is -0.533. The SMILES string of the molecule is CCN(CCO)c1ncc(Cl)cc1[N+](=O)[O-]. The summed E-state index contributed by atoms with van der Waals surface area (Å²) in [5, 5.41) is 19.9. The van der Waals surface area contributed by atoms with Crippen molar-refractivity contribution in [2.24, 2.45) is 0 Å². The van der Waals surface area contributed by atoms with Gasteiger partial charge in [-0.2, -0.15) is 0 Å². The van der Waals surface area contributed by atoms with Gasteiger partial charge < -0.3 is 10.0 Å². The Labute approximate surface area is 97.6 Å². The molecule has 6 nitrogen and oxygen atoms in total. The molecule has 0 spiro atoms. The average molecular weight is 246 g/mol. The number of pyridine rings is 1. The zero-order valence-corrected chi connectivity index (χ0v) is 9.52. The van der Waals surface area contributed by atoms with Crippen molar-refractivity contribution < 1.29 is 10.0 Å². The first kappa shape index (κ1) is 12.7. The Morgan fingerprint density at radius 1 is 1.69 bits per heavy atom. The molecule has 16 heavy (non-hydrogen) atoms. The molecule has 1 rings (SSSR count). The maximum atomic E-state index is 10.8. The van der Waals surface area contributed by atoms with Gasteiger partial charge in [-0.25, -0.2) is 4.98 Å². The van der Waals surface area contributed by atoms with E-state index in [9.17, 15) is 10.1 Å². The number of aliphatic hydroxyl groups is 1. The van der Waals surface area contributed by atoms with Gasteiger partial charge in [-0.15, -0.1) is 0 Å². The zero-order valence-electron chi connectivity index (χ0n) is 8.76. The summed E-state index contributed by atoms with van der Waals surface area (Å²) in [6.45, 7) is 2.56. The summed E-state index contributed by atoms with van der Waals surface area (Å²) in [5.41, 5.74) is -0.150. The molecule has 0 saturated heterocycles. The molecule has 0 saturated carbocycles. The zero-order chi connectivity index (χ0) is 12.1. The smallest absolute Gasteiger partial charge is 0.313 e. The largest absolute Gasteiger partial charge is 0.395 e. The monoisotopic (exact) mass is 245 g/mol. The Kier molecular flexibility index (Phi) is 4.45. The van der Waals surface area contributed by atoms with Crippen LogP contribution in [0.15, 0.2) is 12.3 Å². The van der Waals surface area contributed by atoms with Crippen molar-refractivity contribution in [3.8, 4) is 0 Å². The van der Waals surface area contributed by atoms with Crippen molar-refractivity contribution in [1.82, 2.24) is 4.98 Å². The molecule has 1 N–H and O–H groups in total. The van der Waals surface area contributed by atoms with Crippen LogP contribution >= 0.6 is 11.6 Å². The lowest BCUT2D eigenvalue weighted by molar-refractivity contribution is -0.384. The molecule has 1 aromatic heterocycles. The van der Waals surface area contributed by atoms with E-state index in [1.165, 1.54) is 12.3 Å². The quantitative estimate of drug-likeness (QED) is 0.628. The maximum absolute atomic E-state index is 10.8. The van der Waals surface area contributed by atoms with Crippen LogP contribution in [0.1, 0.15) is 6.92 Å².